The lowest BCUT2D eigenvalue weighted by Crippen LogP contribution is -2.44. The molecule has 1 aliphatic carbocycles. The highest BCUT2D eigenvalue weighted by atomic mass is 19.3. The van der Waals surface area contributed by atoms with Crippen molar-refractivity contribution in [1.82, 2.24) is 20.8 Å². The van der Waals surface area contributed by atoms with E-state index in [4.69, 9.17) is 4.74 Å². The zero-order valence-corrected chi connectivity index (χ0v) is 17.0. The standard InChI is InChI=1S/C18H19F2N5O3.C2H6/c1-28-13-5-3-12(4-6-13)18(7-2-8-18)23-17-21-9-11(10-22-17)15(26)24-25-16(27)14(19)20;1-2/h3-6,9-10,14H,2,7-8H2,1H3,(H,24,26)(H,25,27)(H,21,22,23);1-2H3. The molecule has 0 atom stereocenters. The SMILES string of the molecule is CC.COc1ccc(C2(Nc3ncc(C(=O)NNC(=O)C(F)F)cn3)CCC2)cc1. The number of nitrogens with one attached hydrogen (secondary N) is 3. The number of carbonyl (C=O) groups is 2. The van der Waals surface area contributed by atoms with E-state index < -0.39 is 18.2 Å². The number of benzene rings is 1. The van der Waals surface area contributed by atoms with Gasteiger partial charge in [0.2, 0.25) is 5.95 Å². The second kappa shape index (κ2) is 10.5. The van der Waals surface area contributed by atoms with Crippen LogP contribution in [0.15, 0.2) is 36.7 Å². The molecule has 10 heteroatoms. The zero-order valence-electron chi connectivity index (χ0n) is 17.0. The molecule has 1 aliphatic rings. The van der Waals surface area contributed by atoms with Gasteiger partial charge in [-0.25, -0.2) is 9.97 Å². The summed E-state index contributed by atoms with van der Waals surface area (Å²) < 4.78 is 29.4. The van der Waals surface area contributed by atoms with Gasteiger partial charge in [-0.3, -0.25) is 20.4 Å². The molecule has 162 valence electrons. The number of methoxy groups -OCH3 is 1. The third kappa shape index (κ3) is 5.40. The zero-order chi connectivity index (χ0) is 22.1. The number of ether oxygens (including phenoxy) is 1. The Morgan fingerprint density at radius 2 is 1.67 bits per heavy atom. The van der Waals surface area contributed by atoms with Gasteiger partial charge in [-0.1, -0.05) is 26.0 Å². The molecule has 30 heavy (non-hydrogen) atoms. The minimum Gasteiger partial charge on any atom is -0.497 e. The van der Waals surface area contributed by atoms with Gasteiger partial charge >= 0.3 is 12.3 Å². The molecule has 2 amide bonds. The Hall–Kier alpha value is -3.30. The molecule has 3 rings (SSSR count). The van der Waals surface area contributed by atoms with E-state index in [-0.39, 0.29) is 11.1 Å². The van der Waals surface area contributed by atoms with E-state index in [9.17, 15) is 18.4 Å². The van der Waals surface area contributed by atoms with Gasteiger partial charge in [-0.2, -0.15) is 8.78 Å². The first-order valence-corrected chi connectivity index (χ1v) is 9.57. The summed E-state index contributed by atoms with van der Waals surface area (Å²) in [7, 11) is 1.61. The number of hydrogen-bond acceptors (Lipinski definition) is 6. The smallest absolute Gasteiger partial charge is 0.317 e. The van der Waals surface area contributed by atoms with Crippen LogP contribution in [0, 0.1) is 0 Å². The first-order chi connectivity index (χ1) is 14.4. The van der Waals surface area contributed by atoms with Crippen molar-refractivity contribution in [3.63, 3.8) is 0 Å². The molecule has 2 aromatic rings. The summed E-state index contributed by atoms with van der Waals surface area (Å²) in [5, 5.41) is 3.31. The summed E-state index contributed by atoms with van der Waals surface area (Å²) in [5.74, 6) is -1.29. The van der Waals surface area contributed by atoms with Crippen LogP contribution in [0.3, 0.4) is 0 Å². The van der Waals surface area contributed by atoms with Crippen LogP contribution >= 0.6 is 0 Å². The average Bonchev–Trinajstić information content (AvgIpc) is 2.76. The molecule has 0 saturated heterocycles. The molecule has 0 unspecified atom stereocenters. The number of anilines is 1. The molecular formula is C20H25F2N5O3. The quantitative estimate of drug-likeness (QED) is 0.620. The Balaban J connectivity index is 0.00000155. The average molecular weight is 421 g/mol. The second-order valence-electron chi connectivity index (χ2n) is 6.33. The van der Waals surface area contributed by atoms with E-state index in [1.807, 2.05) is 43.5 Å². The number of alkyl halides is 2. The first-order valence-electron chi connectivity index (χ1n) is 9.57. The number of amides is 2. The van der Waals surface area contributed by atoms with Crippen molar-refractivity contribution >= 4 is 17.8 Å². The number of carbonyl (C=O) groups excluding carboxylic acids is 2. The van der Waals surface area contributed by atoms with Gasteiger partial charge in [-0.15, -0.1) is 0 Å². The minimum atomic E-state index is -3.22. The van der Waals surface area contributed by atoms with E-state index in [0.717, 1.165) is 30.6 Å². The van der Waals surface area contributed by atoms with Crippen molar-refractivity contribution in [3.8, 4) is 5.75 Å². The van der Waals surface area contributed by atoms with Gasteiger partial charge in [-0.05, 0) is 37.0 Å². The largest absolute Gasteiger partial charge is 0.497 e. The number of rotatable bonds is 6. The molecule has 0 spiro atoms. The highest BCUT2D eigenvalue weighted by Crippen LogP contribution is 2.43. The van der Waals surface area contributed by atoms with E-state index in [1.54, 1.807) is 12.5 Å². The van der Waals surface area contributed by atoms with Crippen LogP contribution in [0.1, 0.15) is 49.0 Å². The maximum absolute atomic E-state index is 12.1. The van der Waals surface area contributed by atoms with E-state index in [2.05, 4.69) is 15.3 Å². The molecule has 1 fully saturated rings. The van der Waals surface area contributed by atoms with Gasteiger partial charge in [0.25, 0.3) is 5.91 Å². The van der Waals surface area contributed by atoms with Crippen molar-refractivity contribution in [1.29, 1.82) is 0 Å². The normalized spacial score (nSPS) is 13.9. The van der Waals surface area contributed by atoms with E-state index in [1.165, 1.54) is 12.4 Å². The predicted octanol–water partition coefficient (Wildman–Crippen LogP) is 3.03. The van der Waals surface area contributed by atoms with Crippen molar-refractivity contribution < 1.29 is 23.1 Å². The lowest BCUT2D eigenvalue weighted by Gasteiger charge is -2.43. The van der Waals surface area contributed by atoms with Crippen LogP contribution in [0.4, 0.5) is 14.7 Å². The molecule has 1 heterocycles. The number of nitrogens with zero attached hydrogens (tertiary/aromatic N) is 2. The van der Waals surface area contributed by atoms with Crippen molar-refractivity contribution in [2.75, 3.05) is 12.4 Å². The summed E-state index contributed by atoms with van der Waals surface area (Å²) in [6.45, 7) is 4.00. The number of hydrazine groups is 1. The molecule has 0 radical (unpaired) electrons. The summed E-state index contributed by atoms with van der Waals surface area (Å²) in [4.78, 5) is 30.9. The summed E-state index contributed by atoms with van der Waals surface area (Å²) in [5.41, 5.74) is 4.30. The van der Waals surface area contributed by atoms with Crippen LogP contribution < -0.4 is 20.9 Å². The number of halogens is 2. The Morgan fingerprint density at radius 3 is 2.13 bits per heavy atom. The topological polar surface area (TPSA) is 105 Å². The summed E-state index contributed by atoms with van der Waals surface area (Å²) in [6.07, 6.45) is 2.15. The fourth-order valence-electron chi connectivity index (χ4n) is 2.90. The summed E-state index contributed by atoms with van der Waals surface area (Å²) >= 11 is 0. The fourth-order valence-corrected chi connectivity index (χ4v) is 2.90. The lowest BCUT2D eigenvalue weighted by molar-refractivity contribution is -0.132. The fraction of sp³-hybridized carbons (Fsp3) is 0.400. The third-order valence-electron chi connectivity index (χ3n) is 4.61. The molecular weight excluding hydrogens is 396 g/mol. The molecule has 0 bridgehead atoms. The Bertz CT molecular complexity index is 841. The van der Waals surface area contributed by atoms with Gasteiger partial charge in [0.15, 0.2) is 0 Å². The van der Waals surface area contributed by atoms with E-state index in [0.29, 0.717) is 5.95 Å². The maximum Gasteiger partial charge on any atom is 0.317 e. The highest BCUT2D eigenvalue weighted by Gasteiger charge is 2.39. The molecule has 3 N–H and O–H groups in total. The van der Waals surface area contributed by atoms with Crippen molar-refractivity contribution in [2.24, 2.45) is 0 Å². The third-order valence-corrected chi connectivity index (χ3v) is 4.61. The summed E-state index contributed by atoms with van der Waals surface area (Å²) in [6, 6.07) is 7.75. The van der Waals surface area contributed by atoms with Crippen LogP contribution in [-0.4, -0.2) is 35.3 Å². The van der Waals surface area contributed by atoms with E-state index >= 15 is 0 Å². The molecule has 0 aliphatic heterocycles. The predicted molar refractivity (Wildman–Crippen MR) is 107 cm³/mol. The maximum atomic E-state index is 12.1. The van der Waals surface area contributed by atoms with Gasteiger partial charge < -0.3 is 10.1 Å². The Kier molecular flexibility index (Phi) is 8.02. The monoisotopic (exact) mass is 421 g/mol. The van der Waals surface area contributed by atoms with Crippen molar-refractivity contribution in [3.05, 3.63) is 47.8 Å². The van der Waals surface area contributed by atoms with Gasteiger partial charge in [0.05, 0.1) is 18.2 Å². The molecule has 1 saturated carbocycles. The van der Waals surface area contributed by atoms with Crippen LogP contribution in [0.25, 0.3) is 0 Å². The highest BCUT2D eigenvalue weighted by molar-refractivity contribution is 5.95. The Morgan fingerprint density at radius 1 is 1.07 bits per heavy atom. The molecule has 1 aromatic carbocycles. The molecule has 8 nitrogen and oxygen atoms in total. The number of aromatic nitrogens is 2. The molecule has 1 aromatic heterocycles. The van der Waals surface area contributed by atoms with Gasteiger partial charge in [0, 0.05) is 12.4 Å². The lowest BCUT2D eigenvalue weighted by atomic mass is 9.72. The number of hydrogen-bond donors (Lipinski definition) is 3. The van der Waals surface area contributed by atoms with Crippen LogP contribution in [-0.2, 0) is 10.3 Å². The first kappa shape index (κ1) is 23.0. The second-order valence-corrected chi connectivity index (χ2v) is 6.33. The Labute approximate surface area is 173 Å². The van der Waals surface area contributed by atoms with Crippen molar-refractivity contribution in [2.45, 2.75) is 45.1 Å². The van der Waals surface area contributed by atoms with Gasteiger partial charge in [0.1, 0.15) is 5.75 Å². The van der Waals surface area contributed by atoms with Crippen LogP contribution in [0.5, 0.6) is 5.75 Å². The van der Waals surface area contributed by atoms with Crippen LogP contribution in [0.2, 0.25) is 0 Å². The minimum absolute atomic E-state index is 0.0206.